The van der Waals surface area contributed by atoms with Gasteiger partial charge in [-0.05, 0) is 0 Å². The lowest BCUT2D eigenvalue weighted by Gasteiger charge is -2.10. The Kier molecular flexibility index (Phi) is 4.91. The molecule has 0 amide bonds. The molecule has 0 bridgehead atoms. The second-order valence-corrected chi connectivity index (χ2v) is 2.95. The molecule has 0 aliphatic rings. The molecule has 1 rings (SSSR count). The fourth-order valence-corrected chi connectivity index (χ4v) is 1.24. The van der Waals surface area contributed by atoms with Gasteiger partial charge in [0.25, 0.3) is 0 Å². The smallest absolute Gasteiger partial charge is 0.378 e. The maximum Gasteiger partial charge on any atom is 0.378 e. The van der Waals surface area contributed by atoms with Gasteiger partial charge in [0.1, 0.15) is 0 Å². The van der Waals surface area contributed by atoms with E-state index in [0.717, 1.165) is 0 Å². The van der Waals surface area contributed by atoms with Gasteiger partial charge >= 0.3 is 5.97 Å². The molecule has 8 heteroatoms. The second-order valence-electron chi connectivity index (χ2n) is 2.95. The second kappa shape index (κ2) is 6.21. The molecule has 0 saturated heterocycles. The van der Waals surface area contributed by atoms with Crippen molar-refractivity contribution in [3.05, 3.63) is 22.8 Å². The summed E-state index contributed by atoms with van der Waals surface area (Å²) < 4.78 is 4.27. The third-order valence-corrected chi connectivity index (χ3v) is 2.01. The first kappa shape index (κ1) is 13.5. The van der Waals surface area contributed by atoms with Crippen molar-refractivity contribution in [3.8, 4) is 0 Å². The number of aromatic nitrogens is 2. The number of rotatable bonds is 5. The first-order valence-electron chi connectivity index (χ1n) is 4.67. The number of esters is 1. The Morgan fingerprint density at radius 3 is 1.88 bits per heavy atom. The number of aliphatic hydroxyl groups is 4. The van der Waals surface area contributed by atoms with Crippen molar-refractivity contribution >= 4 is 5.97 Å². The van der Waals surface area contributed by atoms with Crippen molar-refractivity contribution in [1.29, 1.82) is 0 Å². The summed E-state index contributed by atoms with van der Waals surface area (Å²) in [6, 6.07) is 0. The van der Waals surface area contributed by atoms with Crippen LogP contribution >= 0.6 is 0 Å². The van der Waals surface area contributed by atoms with Crippen molar-refractivity contribution in [1.82, 2.24) is 9.97 Å². The predicted molar refractivity (Wildman–Crippen MR) is 52.3 cm³/mol. The van der Waals surface area contributed by atoms with Gasteiger partial charge in [0.15, 0.2) is 6.79 Å². The SMILES string of the molecule is O=C(OCO)c1nc(CO)c(CO)c(CO)n1. The van der Waals surface area contributed by atoms with E-state index in [4.69, 9.17) is 20.4 Å². The van der Waals surface area contributed by atoms with Crippen molar-refractivity contribution in [2.75, 3.05) is 6.79 Å². The van der Waals surface area contributed by atoms with Crippen LogP contribution in [0.5, 0.6) is 0 Å². The molecule has 0 unspecified atom stereocenters. The Morgan fingerprint density at radius 2 is 1.53 bits per heavy atom. The minimum atomic E-state index is -0.985. The minimum Gasteiger partial charge on any atom is -0.433 e. The van der Waals surface area contributed by atoms with Crippen molar-refractivity contribution in [2.45, 2.75) is 19.8 Å². The van der Waals surface area contributed by atoms with Crippen LogP contribution in [-0.4, -0.2) is 43.2 Å². The lowest BCUT2D eigenvalue weighted by molar-refractivity contribution is 0.00544. The van der Waals surface area contributed by atoms with E-state index in [2.05, 4.69) is 14.7 Å². The van der Waals surface area contributed by atoms with E-state index >= 15 is 0 Å². The van der Waals surface area contributed by atoms with E-state index in [1.807, 2.05) is 0 Å². The molecule has 0 radical (unpaired) electrons. The molecular weight excluding hydrogens is 232 g/mol. The molecule has 4 N–H and O–H groups in total. The number of hydrogen-bond acceptors (Lipinski definition) is 8. The Bertz CT molecular complexity index is 383. The maximum absolute atomic E-state index is 11.2. The molecule has 17 heavy (non-hydrogen) atoms. The molecular formula is C9H12N2O6. The first-order valence-corrected chi connectivity index (χ1v) is 4.67. The fourth-order valence-electron chi connectivity index (χ4n) is 1.24. The van der Waals surface area contributed by atoms with Gasteiger partial charge in [0, 0.05) is 5.56 Å². The number of ether oxygens (including phenoxy) is 1. The highest BCUT2D eigenvalue weighted by atomic mass is 16.6. The lowest BCUT2D eigenvalue weighted by Crippen LogP contribution is -2.16. The van der Waals surface area contributed by atoms with E-state index < -0.39 is 38.4 Å². The van der Waals surface area contributed by atoms with Crippen LogP contribution in [0.1, 0.15) is 27.6 Å². The average molecular weight is 244 g/mol. The predicted octanol–water partition coefficient (Wildman–Crippen LogP) is -1.94. The molecule has 0 aromatic carbocycles. The Hall–Kier alpha value is -1.61. The highest BCUT2D eigenvalue weighted by Gasteiger charge is 2.18. The molecule has 0 atom stereocenters. The topological polar surface area (TPSA) is 133 Å². The summed E-state index contributed by atoms with van der Waals surface area (Å²) in [5, 5.41) is 35.5. The van der Waals surface area contributed by atoms with Gasteiger partial charge in [0.2, 0.25) is 5.82 Å². The number of carbonyl (C=O) groups is 1. The zero-order chi connectivity index (χ0) is 12.8. The Balaban J connectivity index is 3.22. The van der Waals surface area contributed by atoms with E-state index in [9.17, 15) is 4.79 Å². The largest absolute Gasteiger partial charge is 0.433 e. The van der Waals surface area contributed by atoms with Crippen LogP contribution in [0.15, 0.2) is 0 Å². The van der Waals surface area contributed by atoms with Crippen molar-refractivity contribution < 1.29 is 30.0 Å². The molecule has 0 fully saturated rings. The van der Waals surface area contributed by atoms with Gasteiger partial charge in [-0.3, -0.25) is 0 Å². The summed E-state index contributed by atoms with van der Waals surface area (Å²) in [5.41, 5.74) is 0.212. The highest BCUT2D eigenvalue weighted by Crippen LogP contribution is 2.13. The molecule has 0 aliphatic heterocycles. The third-order valence-electron chi connectivity index (χ3n) is 2.01. The molecule has 1 aromatic rings. The lowest BCUT2D eigenvalue weighted by atomic mass is 10.1. The molecule has 1 aromatic heterocycles. The summed E-state index contributed by atoms with van der Waals surface area (Å²) in [5.74, 6) is -1.38. The van der Waals surface area contributed by atoms with Gasteiger partial charge in [-0.2, -0.15) is 0 Å². The molecule has 94 valence electrons. The van der Waals surface area contributed by atoms with Crippen LogP contribution in [0.4, 0.5) is 0 Å². The average Bonchev–Trinajstić information content (AvgIpc) is 2.37. The van der Waals surface area contributed by atoms with Gasteiger partial charge in [-0.25, -0.2) is 14.8 Å². The van der Waals surface area contributed by atoms with Gasteiger partial charge in [-0.15, -0.1) is 0 Å². The van der Waals surface area contributed by atoms with Crippen molar-refractivity contribution in [3.63, 3.8) is 0 Å². The fraction of sp³-hybridized carbons (Fsp3) is 0.444. The molecule has 1 heterocycles. The minimum absolute atomic E-state index is 0.0245. The van der Waals surface area contributed by atoms with Crippen LogP contribution in [0, 0.1) is 0 Å². The normalized spacial score (nSPS) is 10.4. The standard InChI is InChI=1S/C9H12N2O6/c12-1-5-6(2-13)10-8(9(16)17-4-15)11-7(5)3-14/h12-15H,1-4H2. The van der Waals surface area contributed by atoms with Crippen molar-refractivity contribution in [2.24, 2.45) is 0 Å². The van der Waals surface area contributed by atoms with Gasteiger partial charge < -0.3 is 25.2 Å². The van der Waals surface area contributed by atoms with E-state index in [0.29, 0.717) is 0 Å². The van der Waals surface area contributed by atoms with E-state index in [-0.39, 0.29) is 17.0 Å². The van der Waals surface area contributed by atoms with Crippen LogP contribution in [0.3, 0.4) is 0 Å². The van der Waals surface area contributed by atoms with Crippen LogP contribution in [-0.2, 0) is 24.6 Å². The van der Waals surface area contributed by atoms with Gasteiger partial charge in [-0.1, -0.05) is 0 Å². The summed E-state index contributed by atoms with van der Waals surface area (Å²) in [6.07, 6.45) is 0. The summed E-state index contributed by atoms with van der Waals surface area (Å²) in [4.78, 5) is 18.6. The maximum atomic E-state index is 11.2. The molecule has 0 aliphatic carbocycles. The zero-order valence-corrected chi connectivity index (χ0v) is 8.83. The quantitative estimate of drug-likeness (QED) is 0.347. The summed E-state index contributed by atoms with van der Waals surface area (Å²) in [7, 11) is 0. The Morgan fingerprint density at radius 1 is 1.00 bits per heavy atom. The monoisotopic (exact) mass is 244 g/mol. The number of carbonyl (C=O) groups excluding carboxylic acids is 1. The number of hydrogen-bond donors (Lipinski definition) is 4. The summed E-state index contributed by atoms with van der Waals surface area (Å²) >= 11 is 0. The molecule has 0 spiro atoms. The van der Waals surface area contributed by atoms with Crippen LogP contribution in [0.2, 0.25) is 0 Å². The van der Waals surface area contributed by atoms with Gasteiger partial charge in [0.05, 0.1) is 31.2 Å². The first-order chi connectivity index (χ1) is 8.17. The molecule has 0 saturated carbocycles. The summed E-state index contributed by atoms with van der Waals surface area (Å²) in [6.45, 7) is -2.34. The molecule has 8 nitrogen and oxygen atoms in total. The third kappa shape index (κ3) is 2.94. The number of aliphatic hydroxyl groups excluding tert-OH is 4. The van der Waals surface area contributed by atoms with E-state index in [1.165, 1.54) is 0 Å². The van der Waals surface area contributed by atoms with Crippen LogP contribution < -0.4 is 0 Å². The van der Waals surface area contributed by atoms with Crippen LogP contribution in [0.25, 0.3) is 0 Å². The zero-order valence-electron chi connectivity index (χ0n) is 8.83. The Labute approximate surface area is 96.1 Å². The number of nitrogens with zero attached hydrogens (tertiary/aromatic N) is 2. The van der Waals surface area contributed by atoms with E-state index in [1.54, 1.807) is 0 Å². The highest BCUT2D eigenvalue weighted by molar-refractivity contribution is 5.85.